The first-order chi connectivity index (χ1) is 14.6. The van der Waals surface area contributed by atoms with E-state index in [-0.39, 0.29) is 16.4 Å². The monoisotopic (exact) mass is 405 g/mol. The van der Waals surface area contributed by atoms with E-state index in [0.29, 0.717) is 17.9 Å². The first-order valence-corrected chi connectivity index (χ1v) is 10.1. The van der Waals surface area contributed by atoms with E-state index in [4.69, 9.17) is 4.74 Å². The van der Waals surface area contributed by atoms with Gasteiger partial charge < -0.3 is 10.1 Å². The second-order valence-electron chi connectivity index (χ2n) is 7.18. The lowest BCUT2D eigenvalue weighted by Crippen LogP contribution is -2.18. The van der Waals surface area contributed by atoms with Gasteiger partial charge in [0.1, 0.15) is 11.6 Å². The first kappa shape index (κ1) is 20.0. The molecule has 1 N–H and O–H groups in total. The van der Waals surface area contributed by atoms with Crippen molar-refractivity contribution < 1.29 is 9.13 Å². The summed E-state index contributed by atoms with van der Waals surface area (Å²) in [7, 11) is 1.52. The number of aromatic nitrogens is 2. The molecule has 0 aliphatic heterocycles. The van der Waals surface area contributed by atoms with E-state index in [1.807, 2.05) is 47.9 Å². The van der Waals surface area contributed by atoms with Crippen molar-refractivity contribution in [3.8, 4) is 5.69 Å². The number of benzene rings is 1. The normalized spacial score (nSPS) is 14.6. The van der Waals surface area contributed by atoms with Gasteiger partial charge >= 0.3 is 0 Å². The van der Waals surface area contributed by atoms with E-state index in [0.717, 1.165) is 24.2 Å². The summed E-state index contributed by atoms with van der Waals surface area (Å²) in [6.07, 6.45) is 9.27. The molecule has 1 atom stereocenters. The summed E-state index contributed by atoms with van der Waals surface area (Å²) >= 11 is 0. The third kappa shape index (κ3) is 3.66. The predicted octanol–water partition coefficient (Wildman–Crippen LogP) is 5.27. The van der Waals surface area contributed by atoms with Gasteiger partial charge in [-0.15, -0.1) is 0 Å². The molecule has 1 aliphatic carbocycles. The fourth-order valence-corrected chi connectivity index (χ4v) is 3.87. The summed E-state index contributed by atoms with van der Waals surface area (Å²) < 4.78 is 22.1. The molecule has 0 spiro atoms. The van der Waals surface area contributed by atoms with Gasteiger partial charge in [-0.3, -0.25) is 9.36 Å². The van der Waals surface area contributed by atoms with Crippen LogP contribution < -0.4 is 10.7 Å². The number of ether oxygens (including phenoxy) is 1. The summed E-state index contributed by atoms with van der Waals surface area (Å²) in [6.45, 7) is 1.90. The zero-order chi connectivity index (χ0) is 21.1. The molecule has 1 aromatic carbocycles. The van der Waals surface area contributed by atoms with Crippen LogP contribution in [-0.2, 0) is 4.74 Å². The number of allylic oxidation sites excluding steroid dienone is 3. The molecule has 2 aromatic heterocycles. The molecule has 2 heterocycles. The Hall–Kier alpha value is -3.25. The zero-order valence-electron chi connectivity index (χ0n) is 17.1. The Morgan fingerprint density at radius 3 is 2.73 bits per heavy atom. The van der Waals surface area contributed by atoms with Crippen LogP contribution in [0.15, 0.2) is 71.3 Å². The molecule has 5 nitrogen and oxygen atoms in total. The Morgan fingerprint density at radius 1 is 1.27 bits per heavy atom. The summed E-state index contributed by atoms with van der Waals surface area (Å²) in [6, 6.07) is 11.1. The van der Waals surface area contributed by atoms with Gasteiger partial charge in [-0.05, 0) is 37.5 Å². The fraction of sp³-hybridized carbons (Fsp3) is 0.250. The average molecular weight is 405 g/mol. The number of para-hydroxylation sites is 1. The van der Waals surface area contributed by atoms with Crippen molar-refractivity contribution in [3.63, 3.8) is 0 Å². The van der Waals surface area contributed by atoms with Gasteiger partial charge in [-0.1, -0.05) is 37.3 Å². The Balaban J connectivity index is 2.03. The van der Waals surface area contributed by atoms with Gasteiger partial charge in [0.2, 0.25) is 0 Å². The molecule has 30 heavy (non-hydrogen) atoms. The molecule has 0 amide bonds. The van der Waals surface area contributed by atoms with Gasteiger partial charge in [0, 0.05) is 30.1 Å². The van der Waals surface area contributed by atoms with Crippen LogP contribution in [0.4, 0.5) is 10.2 Å². The molecule has 0 bridgehead atoms. The average Bonchev–Trinajstić information content (AvgIpc) is 2.77. The number of hydrogen-bond donors (Lipinski definition) is 1. The molecule has 1 unspecified atom stereocenters. The van der Waals surface area contributed by atoms with Crippen molar-refractivity contribution in [3.05, 3.63) is 88.1 Å². The van der Waals surface area contributed by atoms with Crippen molar-refractivity contribution in [1.82, 2.24) is 9.55 Å². The van der Waals surface area contributed by atoms with Crippen molar-refractivity contribution in [1.29, 1.82) is 0 Å². The van der Waals surface area contributed by atoms with E-state index in [1.54, 1.807) is 0 Å². The summed E-state index contributed by atoms with van der Waals surface area (Å²) in [5, 5.41) is 3.59. The molecule has 3 aromatic rings. The number of fused-ring (bicyclic) bond motifs is 1. The van der Waals surface area contributed by atoms with Crippen molar-refractivity contribution in [2.75, 3.05) is 12.4 Å². The van der Waals surface area contributed by atoms with E-state index in [1.165, 1.54) is 19.4 Å². The quantitative estimate of drug-likeness (QED) is 0.607. The third-order valence-electron chi connectivity index (χ3n) is 5.28. The molecule has 0 saturated heterocycles. The summed E-state index contributed by atoms with van der Waals surface area (Å²) in [5.74, 6) is 0.0403. The lowest BCUT2D eigenvalue weighted by molar-refractivity contribution is 0.0980. The van der Waals surface area contributed by atoms with Crippen LogP contribution in [0.2, 0.25) is 0 Å². The molecule has 0 fully saturated rings. The van der Waals surface area contributed by atoms with Crippen molar-refractivity contribution >= 4 is 16.9 Å². The molecule has 6 heteroatoms. The molecule has 1 aliphatic rings. The molecule has 4 rings (SSSR count). The van der Waals surface area contributed by atoms with E-state index in [2.05, 4.69) is 22.5 Å². The topological polar surface area (TPSA) is 56.1 Å². The number of hydrogen-bond acceptors (Lipinski definition) is 4. The van der Waals surface area contributed by atoms with Crippen LogP contribution >= 0.6 is 0 Å². The summed E-state index contributed by atoms with van der Waals surface area (Å²) in [5.41, 5.74) is 2.08. The Morgan fingerprint density at radius 2 is 2.07 bits per heavy atom. The minimum atomic E-state index is -0.536. The van der Waals surface area contributed by atoms with E-state index < -0.39 is 11.9 Å². The second-order valence-corrected chi connectivity index (χ2v) is 7.18. The van der Waals surface area contributed by atoms with Gasteiger partial charge in [0.25, 0.3) is 0 Å². The van der Waals surface area contributed by atoms with Crippen molar-refractivity contribution in [2.24, 2.45) is 0 Å². The Bertz CT molecular complexity index is 1180. The fourth-order valence-electron chi connectivity index (χ4n) is 3.87. The maximum atomic E-state index is 14.8. The lowest BCUT2D eigenvalue weighted by Gasteiger charge is -2.21. The highest BCUT2D eigenvalue weighted by molar-refractivity contribution is 5.84. The Labute approximate surface area is 174 Å². The summed E-state index contributed by atoms with van der Waals surface area (Å²) in [4.78, 5) is 17.5. The highest BCUT2D eigenvalue weighted by atomic mass is 19.1. The van der Waals surface area contributed by atoms with Crippen molar-refractivity contribution in [2.45, 2.75) is 32.3 Å². The predicted molar refractivity (Wildman–Crippen MR) is 117 cm³/mol. The lowest BCUT2D eigenvalue weighted by atomic mass is 10.0. The minimum Gasteiger partial charge on any atom is -0.377 e. The standard InChI is InChI=1S/C24H24FN3O2/c1-3-20(30-2)22-18(25)15-26-24-23(22)19(29)14-21(27-16-10-6-4-7-11-16)28(24)17-12-8-5-9-13-17/h5-6,8-15,20,27H,3-4,7H2,1-2H3. The maximum absolute atomic E-state index is 14.8. The highest BCUT2D eigenvalue weighted by Gasteiger charge is 2.23. The van der Waals surface area contributed by atoms with Gasteiger partial charge in [0.15, 0.2) is 11.1 Å². The first-order valence-electron chi connectivity index (χ1n) is 10.1. The zero-order valence-corrected chi connectivity index (χ0v) is 17.1. The largest absolute Gasteiger partial charge is 0.377 e. The molecular weight excluding hydrogens is 381 g/mol. The molecule has 0 radical (unpaired) electrons. The number of nitrogens with zero attached hydrogens (tertiary/aromatic N) is 2. The van der Waals surface area contributed by atoms with Crippen LogP contribution in [0.1, 0.15) is 37.9 Å². The number of halogens is 1. The van der Waals surface area contributed by atoms with Crippen LogP contribution in [-0.4, -0.2) is 16.7 Å². The van der Waals surface area contributed by atoms with Gasteiger partial charge in [0.05, 0.1) is 17.7 Å². The number of rotatable bonds is 6. The number of nitrogens with one attached hydrogen (secondary N) is 1. The SMILES string of the molecule is CCC(OC)c1c(F)cnc2c1c(=O)cc(NC1=CCCC=C1)n2-c1ccccc1. The molecule has 0 saturated carbocycles. The van der Waals surface area contributed by atoms with Crippen LogP contribution in [0.3, 0.4) is 0 Å². The Kier molecular flexibility index (Phi) is 5.77. The van der Waals surface area contributed by atoms with Crippen LogP contribution in [0.5, 0.6) is 0 Å². The third-order valence-corrected chi connectivity index (χ3v) is 5.28. The van der Waals surface area contributed by atoms with E-state index in [9.17, 15) is 9.18 Å². The smallest absolute Gasteiger partial charge is 0.193 e. The molecular formula is C24H24FN3O2. The number of anilines is 1. The second kappa shape index (κ2) is 8.63. The molecule has 154 valence electrons. The highest BCUT2D eigenvalue weighted by Crippen LogP contribution is 2.31. The van der Waals surface area contributed by atoms with Crippen LogP contribution in [0.25, 0.3) is 16.7 Å². The number of pyridine rings is 2. The van der Waals surface area contributed by atoms with E-state index >= 15 is 0 Å². The maximum Gasteiger partial charge on any atom is 0.193 e. The van der Waals surface area contributed by atoms with Gasteiger partial charge in [-0.25, -0.2) is 9.37 Å². The van der Waals surface area contributed by atoms with Gasteiger partial charge in [-0.2, -0.15) is 0 Å². The minimum absolute atomic E-state index is 0.242. The van der Waals surface area contributed by atoms with Crippen LogP contribution in [0, 0.1) is 5.82 Å². The number of methoxy groups -OCH3 is 1.